The fourth-order valence-corrected chi connectivity index (χ4v) is 3.49. The standard InChI is InChI=1S/C21H21F5N2O2/c1-12-9-28(13(2)8-27(12)10-14-3-5-15(22)6-4-14)18(29)11-30-21-19(25)16(23)7-17(24)20(21)26/h3-7,12-13H,8-11H2,1-2H3/t12-,13+/m0/s1. The predicted molar refractivity (Wildman–Crippen MR) is 99.2 cm³/mol. The SMILES string of the molecule is C[C@@H]1CN(Cc2ccc(F)cc2)[C@@H](C)CN1C(=O)COc1c(F)c(F)cc(F)c1F. The van der Waals surface area contributed by atoms with Gasteiger partial charge >= 0.3 is 0 Å². The number of carbonyl (C=O) groups is 1. The van der Waals surface area contributed by atoms with Crippen molar-refractivity contribution in [1.82, 2.24) is 9.80 Å². The molecule has 0 radical (unpaired) electrons. The number of ether oxygens (including phenoxy) is 1. The summed E-state index contributed by atoms with van der Waals surface area (Å²) < 4.78 is 71.8. The largest absolute Gasteiger partial charge is 0.477 e. The third-order valence-electron chi connectivity index (χ3n) is 5.15. The quantitative estimate of drug-likeness (QED) is 0.535. The van der Waals surface area contributed by atoms with Gasteiger partial charge in [0.05, 0.1) is 0 Å². The van der Waals surface area contributed by atoms with Gasteiger partial charge in [0, 0.05) is 37.8 Å². The molecule has 2 aromatic rings. The summed E-state index contributed by atoms with van der Waals surface area (Å²) in [5.74, 6) is -8.71. The van der Waals surface area contributed by atoms with Gasteiger partial charge in [-0.05, 0) is 31.5 Å². The monoisotopic (exact) mass is 428 g/mol. The minimum atomic E-state index is -1.69. The molecule has 4 nitrogen and oxygen atoms in total. The van der Waals surface area contributed by atoms with Crippen LogP contribution < -0.4 is 4.74 Å². The van der Waals surface area contributed by atoms with Gasteiger partial charge in [-0.1, -0.05) is 12.1 Å². The van der Waals surface area contributed by atoms with E-state index in [-0.39, 0.29) is 24.0 Å². The van der Waals surface area contributed by atoms with Gasteiger partial charge in [-0.2, -0.15) is 8.78 Å². The number of hydrogen-bond acceptors (Lipinski definition) is 3. The van der Waals surface area contributed by atoms with E-state index in [9.17, 15) is 26.7 Å². The Morgan fingerprint density at radius 2 is 1.57 bits per heavy atom. The third-order valence-corrected chi connectivity index (χ3v) is 5.15. The zero-order valence-corrected chi connectivity index (χ0v) is 16.5. The van der Waals surface area contributed by atoms with Gasteiger partial charge in [0.1, 0.15) is 5.82 Å². The lowest BCUT2D eigenvalue weighted by Gasteiger charge is -2.44. The molecule has 2 atom stereocenters. The van der Waals surface area contributed by atoms with E-state index < -0.39 is 41.5 Å². The van der Waals surface area contributed by atoms with Crippen molar-refractivity contribution in [1.29, 1.82) is 0 Å². The van der Waals surface area contributed by atoms with E-state index >= 15 is 0 Å². The molecule has 0 unspecified atom stereocenters. The maximum Gasteiger partial charge on any atom is 0.260 e. The predicted octanol–water partition coefficient (Wildman–Crippen LogP) is 3.88. The first-order chi connectivity index (χ1) is 14.2. The first kappa shape index (κ1) is 22.0. The first-order valence-corrected chi connectivity index (χ1v) is 9.41. The van der Waals surface area contributed by atoms with Crippen LogP contribution in [0.1, 0.15) is 19.4 Å². The molecular formula is C21H21F5N2O2. The summed E-state index contributed by atoms with van der Waals surface area (Å²) in [6.45, 7) is 4.38. The summed E-state index contributed by atoms with van der Waals surface area (Å²) in [4.78, 5) is 16.2. The van der Waals surface area contributed by atoms with E-state index in [2.05, 4.69) is 4.90 Å². The third kappa shape index (κ3) is 4.72. The smallest absolute Gasteiger partial charge is 0.260 e. The molecule has 3 rings (SSSR count). The van der Waals surface area contributed by atoms with Crippen molar-refractivity contribution >= 4 is 5.91 Å². The Balaban J connectivity index is 1.62. The summed E-state index contributed by atoms with van der Waals surface area (Å²) in [6, 6.07) is 5.94. The zero-order chi connectivity index (χ0) is 22.0. The Labute approximate surface area is 170 Å². The van der Waals surface area contributed by atoms with Gasteiger partial charge in [0.2, 0.25) is 11.6 Å². The van der Waals surface area contributed by atoms with Crippen LogP contribution in [0, 0.1) is 29.1 Å². The van der Waals surface area contributed by atoms with Crippen LogP contribution in [0.15, 0.2) is 30.3 Å². The van der Waals surface area contributed by atoms with Crippen LogP contribution in [-0.4, -0.2) is 47.5 Å². The van der Waals surface area contributed by atoms with E-state index in [4.69, 9.17) is 4.74 Å². The minimum absolute atomic E-state index is 0.0460. The number of nitrogens with zero attached hydrogens (tertiary/aromatic N) is 2. The highest BCUT2D eigenvalue weighted by molar-refractivity contribution is 5.78. The molecule has 2 aromatic carbocycles. The van der Waals surface area contributed by atoms with Crippen LogP contribution >= 0.6 is 0 Å². The Kier molecular flexibility index (Phi) is 6.60. The molecule has 0 spiro atoms. The maximum atomic E-state index is 13.7. The van der Waals surface area contributed by atoms with Crippen molar-refractivity contribution in [3.05, 3.63) is 65.0 Å². The van der Waals surface area contributed by atoms with Crippen LogP contribution in [-0.2, 0) is 11.3 Å². The molecule has 0 bridgehead atoms. The number of amides is 1. The highest BCUT2D eigenvalue weighted by atomic mass is 19.2. The van der Waals surface area contributed by atoms with Gasteiger partial charge in [0.25, 0.3) is 5.91 Å². The molecular weight excluding hydrogens is 407 g/mol. The molecule has 162 valence electrons. The summed E-state index contributed by atoms with van der Waals surface area (Å²) >= 11 is 0. The van der Waals surface area contributed by atoms with Crippen LogP contribution in [0.4, 0.5) is 22.0 Å². The minimum Gasteiger partial charge on any atom is -0.477 e. The summed E-state index contributed by atoms with van der Waals surface area (Å²) in [5, 5.41) is 0. The molecule has 0 N–H and O–H groups in total. The molecule has 1 amide bonds. The number of piperazine rings is 1. The van der Waals surface area contributed by atoms with Crippen LogP contribution in [0.3, 0.4) is 0 Å². The Bertz CT molecular complexity index is 896. The van der Waals surface area contributed by atoms with Gasteiger partial charge in [0.15, 0.2) is 24.0 Å². The molecule has 0 saturated carbocycles. The number of hydrogen-bond donors (Lipinski definition) is 0. The van der Waals surface area contributed by atoms with Gasteiger partial charge < -0.3 is 9.64 Å². The number of carbonyl (C=O) groups excluding carboxylic acids is 1. The van der Waals surface area contributed by atoms with Crippen molar-refractivity contribution in [2.45, 2.75) is 32.5 Å². The zero-order valence-electron chi connectivity index (χ0n) is 16.5. The fourth-order valence-electron chi connectivity index (χ4n) is 3.49. The second kappa shape index (κ2) is 8.99. The lowest BCUT2D eigenvalue weighted by atomic mass is 10.1. The Morgan fingerprint density at radius 3 is 2.17 bits per heavy atom. The number of benzene rings is 2. The van der Waals surface area contributed by atoms with Gasteiger partial charge in [-0.15, -0.1) is 0 Å². The fraction of sp³-hybridized carbons (Fsp3) is 0.381. The van der Waals surface area contributed by atoms with Crippen LogP contribution in [0.2, 0.25) is 0 Å². The van der Waals surface area contributed by atoms with Crippen molar-refractivity contribution < 1.29 is 31.5 Å². The van der Waals surface area contributed by atoms with Crippen molar-refractivity contribution in [2.24, 2.45) is 0 Å². The van der Waals surface area contributed by atoms with E-state index in [0.29, 0.717) is 19.6 Å². The molecule has 1 saturated heterocycles. The lowest BCUT2D eigenvalue weighted by molar-refractivity contribution is -0.139. The summed E-state index contributed by atoms with van der Waals surface area (Å²) in [6.07, 6.45) is 0. The molecule has 1 heterocycles. The molecule has 1 aliphatic rings. The average molecular weight is 428 g/mol. The molecule has 1 fully saturated rings. The van der Waals surface area contributed by atoms with E-state index in [0.717, 1.165) is 5.56 Å². The Hall–Kier alpha value is -2.68. The second-order valence-electron chi connectivity index (χ2n) is 7.39. The van der Waals surface area contributed by atoms with Crippen molar-refractivity contribution in [3.63, 3.8) is 0 Å². The molecule has 1 aliphatic heterocycles. The van der Waals surface area contributed by atoms with Crippen molar-refractivity contribution in [2.75, 3.05) is 19.7 Å². The van der Waals surface area contributed by atoms with E-state index in [1.54, 1.807) is 12.1 Å². The van der Waals surface area contributed by atoms with E-state index in [1.807, 2.05) is 13.8 Å². The molecule has 0 aromatic heterocycles. The van der Waals surface area contributed by atoms with Gasteiger partial charge in [-0.25, -0.2) is 13.2 Å². The van der Waals surface area contributed by atoms with Crippen LogP contribution in [0.5, 0.6) is 5.75 Å². The van der Waals surface area contributed by atoms with Gasteiger partial charge in [-0.3, -0.25) is 9.69 Å². The highest BCUT2D eigenvalue weighted by Crippen LogP contribution is 2.27. The second-order valence-corrected chi connectivity index (χ2v) is 7.39. The first-order valence-electron chi connectivity index (χ1n) is 9.41. The summed E-state index contributed by atoms with van der Waals surface area (Å²) in [7, 11) is 0. The maximum absolute atomic E-state index is 13.7. The Morgan fingerprint density at radius 1 is 0.967 bits per heavy atom. The van der Waals surface area contributed by atoms with Crippen molar-refractivity contribution in [3.8, 4) is 5.75 Å². The number of rotatable bonds is 5. The normalized spacial score (nSPS) is 19.8. The average Bonchev–Trinajstić information content (AvgIpc) is 2.70. The highest BCUT2D eigenvalue weighted by Gasteiger charge is 2.32. The number of halogens is 5. The van der Waals surface area contributed by atoms with Crippen LogP contribution in [0.25, 0.3) is 0 Å². The van der Waals surface area contributed by atoms with E-state index in [1.165, 1.54) is 17.0 Å². The molecule has 9 heteroatoms. The molecule has 30 heavy (non-hydrogen) atoms. The topological polar surface area (TPSA) is 32.8 Å². The molecule has 0 aliphatic carbocycles. The summed E-state index contributed by atoms with van der Waals surface area (Å²) in [5.41, 5.74) is 0.928. The lowest BCUT2D eigenvalue weighted by Crippen LogP contribution is -2.58.